The first-order valence-corrected chi connectivity index (χ1v) is 6.51. The van der Waals surface area contributed by atoms with E-state index in [-0.39, 0.29) is 11.3 Å². The Labute approximate surface area is 116 Å². The molecule has 104 valence electrons. The van der Waals surface area contributed by atoms with Gasteiger partial charge in [-0.3, -0.25) is 4.79 Å². The van der Waals surface area contributed by atoms with E-state index < -0.39 is 0 Å². The molecule has 1 fully saturated rings. The molecule has 7 nitrogen and oxygen atoms in total. The molecule has 1 saturated heterocycles. The van der Waals surface area contributed by atoms with Crippen LogP contribution in [0.15, 0.2) is 31.0 Å². The smallest absolute Gasteiger partial charge is 0.231 e. The van der Waals surface area contributed by atoms with Gasteiger partial charge in [-0.1, -0.05) is 0 Å². The minimum absolute atomic E-state index is 0.0257. The Kier molecular flexibility index (Phi) is 3.19. The molecule has 1 amide bonds. The van der Waals surface area contributed by atoms with Crippen LogP contribution in [0.3, 0.4) is 0 Å². The summed E-state index contributed by atoms with van der Waals surface area (Å²) in [5, 5.41) is 10.1. The number of carbonyl (C=O) groups excluding carboxylic acids is 1. The van der Waals surface area contributed by atoms with Crippen LogP contribution in [0, 0.1) is 5.41 Å². The molecule has 1 atom stereocenters. The standard InChI is InChI=1S/C13H16N6O/c1-13(4-5-14-7-13)12(20)18-10-2-3-11(16-6-10)19-9-15-8-17-19/h2-3,6,8-9,14H,4-5,7H2,1H3,(H,18,20). The Morgan fingerprint density at radius 3 is 3.00 bits per heavy atom. The molecule has 2 aromatic rings. The van der Waals surface area contributed by atoms with Crippen molar-refractivity contribution in [3.8, 4) is 5.82 Å². The summed E-state index contributed by atoms with van der Waals surface area (Å²) in [6.07, 6.45) is 5.50. The summed E-state index contributed by atoms with van der Waals surface area (Å²) in [6.45, 7) is 3.57. The molecule has 20 heavy (non-hydrogen) atoms. The van der Waals surface area contributed by atoms with Crippen LogP contribution in [0.1, 0.15) is 13.3 Å². The molecule has 0 spiro atoms. The SMILES string of the molecule is CC1(C(=O)Nc2ccc(-n3cncn3)nc2)CCNC1. The summed E-state index contributed by atoms with van der Waals surface area (Å²) in [5.74, 6) is 0.687. The highest BCUT2D eigenvalue weighted by Crippen LogP contribution is 2.26. The van der Waals surface area contributed by atoms with Crippen LogP contribution in [-0.4, -0.2) is 38.7 Å². The molecule has 0 bridgehead atoms. The first-order valence-electron chi connectivity index (χ1n) is 6.51. The van der Waals surface area contributed by atoms with Crippen molar-refractivity contribution in [2.45, 2.75) is 13.3 Å². The molecule has 0 aromatic carbocycles. The highest BCUT2D eigenvalue weighted by atomic mass is 16.2. The number of hydrogen-bond acceptors (Lipinski definition) is 5. The van der Waals surface area contributed by atoms with Crippen LogP contribution < -0.4 is 10.6 Å². The minimum atomic E-state index is -0.343. The second-order valence-corrected chi connectivity index (χ2v) is 5.19. The molecule has 7 heteroatoms. The van der Waals surface area contributed by atoms with Gasteiger partial charge in [0.1, 0.15) is 12.7 Å². The average molecular weight is 272 g/mol. The number of hydrogen-bond donors (Lipinski definition) is 2. The van der Waals surface area contributed by atoms with E-state index in [0.29, 0.717) is 18.1 Å². The fourth-order valence-electron chi connectivity index (χ4n) is 2.21. The molecule has 0 radical (unpaired) electrons. The number of rotatable bonds is 3. The lowest BCUT2D eigenvalue weighted by Gasteiger charge is -2.21. The third-order valence-corrected chi connectivity index (χ3v) is 3.58. The van der Waals surface area contributed by atoms with Gasteiger partial charge >= 0.3 is 0 Å². The predicted octanol–water partition coefficient (Wildman–Crippen LogP) is 0.600. The van der Waals surface area contributed by atoms with E-state index in [1.807, 2.05) is 13.0 Å². The van der Waals surface area contributed by atoms with Gasteiger partial charge in [-0.15, -0.1) is 0 Å². The highest BCUT2D eigenvalue weighted by Gasteiger charge is 2.36. The summed E-state index contributed by atoms with van der Waals surface area (Å²) < 4.78 is 1.56. The quantitative estimate of drug-likeness (QED) is 0.854. The first kappa shape index (κ1) is 12.7. The van der Waals surface area contributed by atoms with Crippen molar-refractivity contribution >= 4 is 11.6 Å². The lowest BCUT2D eigenvalue weighted by Crippen LogP contribution is -2.35. The predicted molar refractivity (Wildman–Crippen MR) is 73.4 cm³/mol. The lowest BCUT2D eigenvalue weighted by molar-refractivity contribution is -0.123. The summed E-state index contributed by atoms with van der Waals surface area (Å²) in [7, 11) is 0. The molecule has 0 saturated carbocycles. The van der Waals surface area contributed by atoms with Gasteiger partial charge in [0.2, 0.25) is 5.91 Å². The van der Waals surface area contributed by atoms with Gasteiger partial charge in [-0.2, -0.15) is 5.10 Å². The maximum absolute atomic E-state index is 12.2. The minimum Gasteiger partial charge on any atom is -0.324 e. The van der Waals surface area contributed by atoms with E-state index in [2.05, 4.69) is 25.7 Å². The Hall–Kier alpha value is -2.28. The van der Waals surface area contributed by atoms with Crippen molar-refractivity contribution in [2.24, 2.45) is 5.41 Å². The number of nitrogens with zero attached hydrogens (tertiary/aromatic N) is 4. The van der Waals surface area contributed by atoms with Crippen molar-refractivity contribution in [3.05, 3.63) is 31.0 Å². The van der Waals surface area contributed by atoms with Crippen molar-refractivity contribution in [2.75, 3.05) is 18.4 Å². The second kappa shape index (κ2) is 5.01. The van der Waals surface area contributed by atoms with Crippen molar-refractivity contribution in [3.63, 3.8) is 0 Å². The van der Waals surface area contributed by atoms with Crippen molar-refractivity contribution < 1.29 is 4.79 Å². The molecule has 1 aliphatic rings. The molecular weight excluding hydrogens is 256 g/mol. The van der Waals surface area contributed by atoms with E-state index in [4.69, 9.17) is 0 Å². The van der Waals surface area contributed by atoms with Gasteiger partial charge in [0.25, 0.3) is 0 Å². The Morgan fingerprint density at radius 2 is 2.40 bits per heavy atom. The molecule has 3 rings (SSSR count). The zero-order valence-electron chi connectivity index (χ0n) is 11.2. The van der Waals surface area contributed by atoms with Gasteiger partial charge < -0.3 is 10.6 Å². The molecule has 3 heterocycles. The first-order chi connectivity index (χ1) is 9.67. The summed E-state index contributed by atoms with van der Waals surface area (Å²) in [5.41, 5.74) is 0.344. The van der Waals surface area contributed by atoms with E-state index in [9.17, 15) is 4.79 Å². The van der Waals surface area contributed by atoms with Crippen LogP contribution in [0.25, 0.3) is 5.82 Å². The maximum atomic E-state index is 12.2. The Bertz CT molecular complexity index is 586. The number of carbonyl (C=O) groups is 1. The van der Waals surface area contributed by atoms with E-state index >= 15 is 0 Å². The van der Waals surface area contributed by atoms with E-state index in [1.165, 1.54) is 6.33 Å². The third kappa shape index (κ3) is 2.39. The van der Waals surface area contributed by atoms with Gasteiger partial charge in [0, 0.05) is 6.54 Å². The summed E-state index contributed by atoms with van der Waals surface area (Å²) in [6, 6.07) is 3.60. The number of anilines is 1. The normalized spacial score (nSPS) is 21.9. The van der Waals surface area contributed by atoms with Crippen LogP contribution in [0.2, 0.25) is 0 Å². The zero-order chi connectivity index (χ0) is 14.0. The topological polar surface area (TPSA) is 84.7 Å². The Balaban J connectivity index is 1.71. The molecule has 1 aliphatic heterocycles. The van der Waals surface area contributed by atoms with Crippen LogP contribution in [-0.2, 0) is 4.79 Å². The van der Waals surface area contributed by atoms with Gasteiger partial charge in [-0.05, 0) is 32.0 Å². The largest absolute Gasteiger partial charge is 0.324 e. The molecular formula is C13H16N6O. The molecule has 2 N–H and O–H groups in total. The van der Waals surface area contributed by atoms with Crippen LogP contribution in [0.4, 0.5) is 5.69 Å². The Morgan fingerprint density at radius 1 is 1.50 bits per heavy atom. The molecule has 0 aliphatic carbocycles. The fraction of sp³-hybridized carbons (Fsp3) is 0.385. The van der Waals surface area contributed by atoms with Crippen LogP contribution in [0.5, 0.6) is 0 Å². The number of pyridine rings is 1. The fourth-order valence-corrected chi connectivity index (χ4v) is 2.21. The average Bonchev–Trinajstić information content (AvgIpc) is 3.11. The molecule has 2 aromatic heterocycles. The summed E-state index contributed by atoms with van der Waals surface area (Å²) >= 11 is 0. The lowest BCUT2D eigenvalue weighted by atomic mass is 9.89. The highest BCUT2D eigenvalue weighted by molar-refractivity contribution is 5.95. The van der Waals surface area contributed by atoms with Crippen molar-refractivity contribution in [1.82, 2.24) is 25.1 Å². The zero-order valence-corrected chi connectivity index (χ0v) is 11.2. The van der Waals surface area contributed by atoms with E-state index in [1.54, 1.807) is 23.3 Å². The number of aromatic nitrogens is 4. The monoisotopic (exact) mass is 272 g/mol. The van der Waals surface area contributed by atoms with E-state index in [0.717, 1.165) is 13.0 Å². The van der Waals surface area contributed by atoms with Crippen molar-refractivity contribution in [1.29, 1.82) is 0 Å². The summed E-state index contributed by atoms with van der Waals surface area (Å²) in [4.78, 5) is 20.4. The van der Waals surface area contributed by atoms with Crippen LogP contribution >= 0.6 is 0 Å². The maximum Gasteiger partial charge on any atom is 0.231 e. The van der Waals surface area contributed by atoms with Gasteiger partial charge in [0.05, 0.1) is 17.3 Å². The third-order valence-electron chi connectivity index (χ3n) is 3.58. The second-order valence-electron chi connectivity index (χ2n) is 5.19. The van der Waals surface area contributed by atoms with Gasteiger partial charge in [0.15, 0.2) is 5.82 Å². The number of amides is 1. The van der Waals surface area contributed by atoms with Gasteiger partial charge in [-0.25, -0.2) is 14.6 Å². The molecule has 1 unspecified atom stereocenters. The number of nitrogens with one attached hydrogen (secondary N) is 2.